The molecule has 4 nitrogen and oxygen atoms in total. The molecular weight excluding hydrogens is 1020 g/mol. The Morgan fingerprint density at radius 3 is 1.07 bits per heavy atom. The summed E-state index contributed by atoms with van der Waals surface area (Å²) in [5.74, 6) is -2.57. The van der Waals surface area contributed by atoms with Crippen molar-refractivity contribution in [2.75, 3.05) is 0 Å². The van der Waals surface area contributed by atoms with Gasteiger partial charge in [0.15, 0.2) is 0 Å². The third-order valence-electron chi connectivity index (χ3n) is 6.49. The minimum atomic E-state index is -10.7. The van der Waals surface area contributed by atoms with Gasteiger partial charge in [0, 0.05) is 48.1 Å². The fraction of sp³-hybridized carbons (Fsp3) is 0.111. The molecule has 22 heteroatoms. The van der Waals surface area contributed by atoms with Crippen molar-refractivity contribution < 1.29 is 89.2 Å². The second-order valence-electron chi connectivity index (χ2n) is 11.3. The standard InChI is InChI=1S/C12H6F6N2.2C12H8F2N.F6P.Ir/c13-11(14,15)7-1-3-19-9(5-7)10-6-8(2-4-20-10)12(16,17)18;2*1-8-2-5-12(15-7-8)10-4-3-9(13)6-11(10)14;1-7(2,3,4,5)6;/h1-6H;2*2-3,5-7H,1H3;;/q;3*-1;+3. The summed E-state index contributed by atoms with van der Waals surface area (Å²) in [5.41, 5.74) is 0.729. The SMILES string of the molecule is Cc1ccc(-c2[c-]cc(F)cc2F)nc1.Cc1ccc(-c2[c-]cc(F)cc2F)nc1.FC(F)(F)c1ccnc(-c2cc(C(F)(F)F)ccn2)c1.F[P-](F)(F)(F)(F)F.[Ir+3]. The van der Waals surface area contributed by atoms with E-state index in [1.807, 2.05) is 26.0 Å². The Balaban J connectivity index is 0.000000278. The number of rotatable bonds is 3. The molecule has 0 aliphatic carbocycles. The van der Waals surface area contributed by atoms with E-state index in [4.69, 9.17) is 0 Å². The van der Waals surface area contributed by atoms with E-state index in [9.17, 15) is 69.1 Å². The molecule has 0 saturated carbocycles. The van der Waals surface area contributed by atoms with Gasteiger partial charge in [-0.2, -0.15) is 26.3 Å². The van der Waals surface area contributed by atoms with Gasteiger partial charge in [0.25, 0.3) is 0 Å². The quantitative estimate of drug-likeness (QED) is 0.101. The van der Waals surface area contributed by atoms with Crippen molar-refractivity contribution in [1.29, 1.82) is 0 Å². The van der Waals surface area contributed by atoms with Crippen molar-refractivity contribution in [1.82, 2.24) is 19.9 Å². The van der Waals surface area contributed by atoms with Gasteiger partial charge in [-0.15, -0.1) is 24.3 Å². The predicted octanol–water partition coefficient (Wildman–Crippen LogP) is 13.8. The number of alkyl halides is 6. The Hall–Kier alpha value is -5.00. The van der Waals surface area contributed by atoms with Crippen molar-refractivity contribution in [3.63, 3.8) is 0 Å². The number of aryl methyl sites for hydroxylation is 2. The second-order valence-corrected chi connectivity index (χ2v) is 13.3. The van der Waals surface area contributed by atoms with Crippen LogP contribution < -0.4 is 0 Å². The zero-order valence-corrected chi connectivity index (χ0v) is 32.1. The summed E-state index contributed by atoms with van der Waals surface area (Å²) in [6.07, 6.45) is -4.18. The van der Waals surface area contributed by atoms with Crippen LogP contribution in [0, 0.1) is 49.2 Å². The van der Waals surface area contributed by atoms with E-state index in [1.165, 1.54) is 0 Å². The molecular formula is C36H22F16IrN4P. The molecule has 0 saturated heterocycles. The smallest absolute Gasteiger partial charge is 3.00 e. The molecule has 0 unspecified atom stereocenters. The third kappa shape index (κ3) is 17.6. The molecule has 4 aromatic heterocycles. The Kier molecular flexibility index (Phi) is 15.5. The minimum Gasteiger partial charge on any atom is 3.00 e. The van der Waals surface area contributed by atoms with Crippen molar-refractivity contribution in [3.05, 3.63) is 155 Å². The Labute approximate surface area is 331 Å². The summed E-state index contributed by atoms with van der Waals surface area (Å²) < 4.78 is 186. The summed E-state index contributed by atoms with van der Waals surface area (Å²) in [6, 6.07) is 18.7. The van der Waals surface area contributed by atoms with Gasteiger partial charge >= 0.3 is 65.4 Å². The van der Waals surface area contributed by atoms with Crippen molar-refractivity contribution in [2.45, 2.75) is 26.2 Å². The van der Waals surface area contributed by atoms with E-state index in [0.717, 1.165) is 59.9 Å². The molecule has 58 heavy (non-hydrogen) atoms. The molecule has 0 aliphatic heterocycles. The van der Waals surface area contributed by atoms with E-state index in [1.54, 1.807) is 24.5 Å². The van der Waals surface area contributed by atoms with Gasteiger partial charge in [-0.3, -0.25) is 27.5 Å². The number of aromatic nitrogens is 4. The molecule has 4 heterocycles. The van der Waals surface area contributed by atoms with Crippen LogP contribution in [-0.2, 0) is 32.5 Å². The van der Waals surface area contributed by atoms with Gasteiger partial charge in [0.2, 0.25) is 0 Å². The van der Waals surface area contributed by atoms with Crippen LogP contribution in [0.2, 0.25) is 0 Å². The first-order valence-electron chi connectivity index (χ1n) is 15.2. The first-order chi connectivity index (χ1) is 26.0. The molecule has 0 N–H and O–H groups in total. The fourth-order valence-electron chi connectivity index (χ4n) is 4.01. The molecule has 0 spiro atoms. The fourth-order valence-corrected chi connectivity index (χ4v) is 4.01. The molecule has 0 radical (unpaired) electrons. The van der Waals surface area contributed by atoms with Crippen molar-refractivity contribution >= 4 is 7.81 Å². The molecule has 0 bridgehead atoms. The van der Waals surface area contributed by atoms with E-state index in [2.05, 4.69) is 32.1 Å². The normalized spacial score (nSPS) is 12.4. The van der Waals surface area contributed by atoms with Crippen LogP contribution in [0.3, 0.4) is 0 Å². The van der Waals surface area contributed by atoms with Gasteiger partial charge in [-0.1, -0.05) is 47.5 Å². The number of nitrogens with zero attached hydrogens (tertiary/aromatic N) is 4. The topological polar surface area (TPSA) is 51.6 Å². The maximum Gasteiger partial charge on any atom is 3.00 e. The van der Waals surface area contributed by atoms with Gasteiger partial charge in [0.05, 0.1) is 22.5 Å². The summed E-state index contributed by atoms with van der Waals surface area (Å²) in [7, 11) is -10.7. The van der Waals surface area contributed by atoms with Gasteiger partial charge in [-0.25, -0.2) is 0 Å². The zero-order chi connectivity index (χ0) is 43.0. The summed E-state index contributed by atoms with van der Waals surface area (Å²) >= 11 is 0. The summed E-state index contributed by atoms with van der Waals surface area (Å²) in [5, 5.41) is 0. The van der Waals surface area contributed by atoms with Crippen molar-refractivity contribution in [3.8, 4) is 33.9 Å². The van der Waals surface area contributed by atoms with Crippen LogP contribution in [-0.4, -0.2) is 19.9 Å². The first-order valence-corrected chi connectivity index (χ1v) is 17.2. The summed E-state index contributed by atoms with van der Waals surface area (Å²) in [6.45, 7) is 3.78. The molecule has 2 aromatic carbocycles. The number of hydrogen-bond donors (Lipinski definition) is 0. The Morgan fingerprint density at radius 1 is 0.483 bits per heavy atom. The maximum atomic E-state index is 13.3. The molecule has 0 aliphatic rings. The average molecular weight is 1040 g/mol. The monoisotopic (exact) mass is 1040 g/mol. The third-order valence-corrected chi connectivity index (χ3v) is 6.49. The Bertz CT molecular complexity index is 2130. The van der Waals surface area contributed by atoms with Crippen molar-refractivity contribution in [2.24, 2.45) is 0 Å². The second kappa shape index (κ2) is 18.3. The van der Waals surface area contributed by atoms with Crippen LogP contribution in [0.1, 0.15) is 22.3 Å². The maximum absolute atomic E-state index is 13.3. The van der Waals surface area contributed by atoms with E-state index >= 15 is 0 Å². The van der Waals surface area contributed by atoms with E-state index < -0.39 is 54.6 Å². The molecule has 0 amide bonds. The van der Waals surface area contributed by atoms with E-state index in [-0.39, 0.29) is 42.6 Å². The zero-order valence-electron chi connectivity index (χ0n) is 28.9. The number of pyridine rings is 4. The Morgan fingerprint density at radius 2 is 0.810 bits per heavy atom. The predicted molar refractivity (Wildman–Crippen MR) is 177 cm³/mol. The van der Waals surface area contributed by atoms with Crippen LogP contribution in [0.15, 0.2) is 97.6 Å². The minimum absolute atomic E-state index is 0. The molecule has 6 rings (SSSR count). The van der Waals surface area contributed by atoms with E-state index in [0.29, 0.717) is 23.5 Å². The van der Waals surface area contributed by atoms with Gasteiger partial charge in [-0.05, 0) is 60.6 Å². The molecule has 0 fully saturated rings. The molecule has 312 valence electrons. The van der Waals surface area contributed by atoms with Crippen LogP contribution in [0.4, 0.5) is 69.1 Å². The van der Waals surface area contributed by atoms with Crippen LogP contribution >= 0.6 is 7.81 Å². The average Bonchev–Trinajstić information content (AvgIpc) is 3.08. The largest absolute Gasteiger partial charge is 3.00 e. The first kappa shape index (κ1) is 49.1. The van der Waals surface area contributed by atoms with Gasteiger partial charge in [0.1, 0.15) is 0 Å². The van der Waals surface area contributed by atoms with Crippen LogP contribution in [0.25, 0.3) is 33.9 Å². The number of halogens is 16. The number of hydrogen-bond acceptors (Lipinski definition) is 4. The molecule has 6 aromatic rings. The van der Waals surface area contributed by atoms with Crippen LogP contribution in [0.5, 0.6) is 0 Å². The number of benzene rings is 2. The molecule has 0 atom stereocenters. The summed E-state index contributed by atoms with van der Waals surface area (Å²) in [4.78, 5) is 15.3. The van der Waals surface area contributed by atoms with Gasteiger partial charge < -0.3 is 9.97 Å².